The van der Waals surface area contributed by atoms with Crippen molar-refractivity contribution in [2.75, 3.05) is 7.11 Å². The molecule has 3 rings (SSSR count). The molecular formula is C20H21BrN2O3S. The van der Waals surface area contributed by atoms with Gasteiger partial charge in [0.25, 0.3) is 5.56 Å². The number of nitrogens with zero attached hydrogens (tertiary/aromatic N) is 2. The van der Waals surface area contributed by atoms with Crippen molar-refractivity contribution in [1.29, 1.82) is 0 Å². The molecule has 0 saturated carbocycles. The highest BCUT2D eigenvalue weighted by molar-refractivity contribution is 9.10. The minimum atomic E-state index is -0.651. The van der Waals surface area contributed by atoms with Gasteiger partial charge in [0.1, 0.15) is 5.75 Å². The Bertz CT molecular complexity index is 1030. The summed E-state index contributed by atoms with van der Waals surface area (Å²) >= 11 is 4.86. The maximum absolute atomic E-state index is 13.0. The minimum Gasteiger partial charge on any atom is -0.496 e. The molecule has 0 spiro atoms. The van der Waals surface area contributed by atoms with Gasteiger partial charge in [-0.2, -0.15) is 0 Å². The van der Waals surface area contributed by atoms with Crippen LogP contribution in [0.1, 0.15) is 18.1 Å². The van der Waals surface area contributed by atoms with E-state index in [1.54, 1.807) is 24.7 Å². The zero-order valence-corrected chi connectivity index (χ0v) is 17.8. The van der Waals surface area contributed by atoms with E-state index in [1.807, 2.05) is 31.2 Å². The lowest BCUT2D eigenvalue weighted by Crippen LogP contribution is -2.27. The number of thioether (sulfide) groups is 1. The molecule has 1 N–H and O–H groups in total. The van der Waals surface area contributed by atoms with Crippen LogP contribution in [0.4, 0.5) is 0 Å². The third-order valence-corrected chi connectivity index (χ3v) is 5.64. The number of halogens is 1. The van der Waals surface area contributed by atoms with Crippen molar-refractivity contribution in [3.05, 3.63) is 62.4 Å². The van der Waals surface area contributed by atoms with E-state index in [0.29, 0.717) is 21.8 Å². The van der Waals surface area contributed by atoms with Crippen LogP contribution in [-0.4, -0.2) is 27.9 Å². The molecule has 5 nitrogen and oxygen atoms in total. The van der Waals surface area contributed by atoms with Gasteiger partial charge in [-0.05, 0) is 38.1 Å². The molecule has 7 heteroatoms. The number of methoxy groups -OCH3 is 1. The average molecular weight is 449 g/mol. The fraction of sp³-hybridized carbons (Fsp3) is 0.300. The number of aliphatic hydroxyl groups is 1. The maximum atomic E-state index is 13.0. The molecule has 27 heavy (non-hydrogen) atoms. The highest BCUT2D eigenvalue weighted by atomic mass is 79.9. The Morgan fingerprint density at radius 2 is 2.07 bits per heavy atom. The topological polar surface area (TPSA) is 64.3 Å². The van der Waals surface area contributed by atoms with Gasteiger partial charge in [0.05, 0.1) is 30.7 Å². The summed E-state index contributed by atoms with van der Waals surface area (Å²) in [6, 6.07) is 11.5. The second-order valence-corrected chi connectivity index (χ2v) is 8.28. The summed E-state index contributed by atoms with van der Waals surface area (Å²) in [5.41, 5.74) is 2.67. The summed E-state index contributed by atoms with van der Waals surface area (Å²) in [6.45, 7) is 3.89. The quantitative estimate of drug-likeness (QED) is 0.453. The van der Waals surface area contributed by atoms with Gasteiger partial charge in [-0.3, -0.25) is 9.36 Å². The Morgan fingerprint density at radius 3 is 2.78 bits per heavy atom. The first-order valence-electron chi connectivity index (χ1n) is 8.53. The van der Waals surface area contributed by atoms with Crippen molar-refractivity contribution in [3.8, 4) is 5.75 Å². The summed E-state index contributed by atoms with van der Waals surface area (Å²) in [5.74, 6) is 1.42. The van der Waals surface area contributed by atoms with Gasteiger partial charge < -0.3 is 9.84 Å². The van der Waals surface area contributed by atoms with Crippen molar-refractivity contribution in [2.24, 2.45) is 0 Å². The van der Waals surface area contributed by atoms with Crippen LogP contribution >= 0.6 is 27.7 Å². The van der Waals surface area contributed by atoms with E-state index >= 15 is 0 Å². The van der Waals surface area contributed by atoms with E-state index in [4.69, 9.17) is 4.74 Å². The summed E-state index contributed by atoms with van der Waals surface area (Å²) in [7, 11) is 1.65. The lowest BCUT2D eigenvalue weighted by Gasteiger charge is -2.15. The van der Waals surface area contributed by atoms with Crippen molar-refractivity contribution >= 4 is 38.6 Å². The van der Waals surface area contributed by atoms with Gasteiger partial charge in [0.15, 0.2) is 5.16 Å². The van der Waals surface area contributed by atoms with E-state index in [0.717, 1.165) is 21.3 Å². The molecule has 0 saturated heterocycles. The van der Waals surface area contributed by atoms with Crippen LogP contribution in [0.25, 0.3) is 10.9 Å². The number of ether oxygens (including phenoxy) is 1. The zero-order valence-electron chi connectivity index (χ0n) is 15.4. The third-order valence-electron chi connectivity index (χ3n) is 4.12. The Hall–Kier alpha value is -1.83. The van der Waals surface area contributed by atoms with Gasteiger partial charge in [-0.1, -0.05) is 45.4 Å². The van der Waals surface area contributed by atoms with Crippen LogP contribution in [0.5, 0.6) is 5.75 Å². The van der Waals surface area contributed by atoms with Gasteiger partial charge in [-0.25, -0.2) is 4.98 Å². The number of aromatic nitrogens is 2. The first kappa shape index (κ1) is 19.9. The molecule has 3 aromatic rings. The molecule has 0 aliphatic rings. The maximum Gasteiger partial charge on any atom is 0.262 e. The molecule has 0 aliphatic heterocycles. The standard InChI is InChI=1S/C20H21BrN2O3S/c1-12-4-7-18(26-3)14(8-12)11-27-20-22-17-6-5-15(21)9-16(17)19(25)23(20)10-13(2)24/h4-9,13,24H,10-11H2,1-3H3/t13-/m0/s1. The predicted molar refractivity (Wildman–Crippen MR) is 113 cm³/mol. The monoisotopic (exact) mass is 448 g/mol. The fourth-order valence-electron chi connectivity index (χ4n) is 2.87. The Kier molecular flexibility index (Phi) is 6.24. The molecule has 1 atom stereocenters. The van der Waals surface area contributed by atoms with E-state index in [9.17, 15) is 9.90 Å². The van der Waals surface area contributed by atoms with E-state index in [2.05, 4.69) is 27.0 Å². The number of aliphatic hydroxyl groups excluding tert-OH is 1. The lowest BCUT2D eigenvalue weighted by atomic mass is 10.1. The fourth-order valence-corrected chi connectivity index (χ4v) is 4.22. The molecule has 0 radical (unpaired) electrons. The number of fused-ring (bicyclic) bond motifs is 1. The smallest absolute Gasteiger partial charge is 0.262 e. The van der Waals surface area contributed by atoms with E-state index in [-0.39, 0.29) is 12.1 Å². The zero-order chi connectivity index (χ0) is 19.6. The second-order valence-electron chi connectivity index (χ2n) is 6.42. The first-order chi connectivity index (χ1) is 12.9. The van der Waals surface area contributed by atoms with Crippen LogP contribution in [0.3, 0.4) is 0 Å². The second kappa shape index (κ2) is 8.46. The molecule has 2 aromatic carbocycles. The van der Waals surface area contributed by atoms with Crippen molar-refractivity contribution in [1.82, 2.24) is 9.55 Å². The summed E-state index contributed by atoms with van der Waals surface area (Å²) in [6.07, 6.45) is -0.651. The SMILES string of the molecule is COc1ccc(C)cc1CSc1nc2ccc(Br)cc2c(=O)n1C[C@H](C)O. The molecular weight excluding hydrogens is 428 g/mol. The van der Waals surface area contributed by atoms with E-state index in [1.165, 1.54) is 11.8 Å². The highest BCUT2D eigenvalue weighted by Gasteiger charge is 2.15. The number of rotatable bonds is 6. The van der Waals surface area contributed by atoms with Crippen LogP contribution < -0.4 is 10.3 Å². The number of hydrogen-bond donors (Lipinski definition) is 1. The molecule has 0 aliphatic carbocycles. The normalized spacial score (nSPS) is 12.3. The van der Waals surface area contributed by atoms with Crippen molar-refractivity contribution in [3.63, 3.8) is 0 Å². The molecule has 0 amide bonds. The molecule has 1 heterocycles. The van der Waals surface area contributed by atoms with Gasteiger partial charge in [0.2, 0.25) is 0 Å². The number of aryl methyl sites for hydroxylation is 1. The average Bonchev–Trinajstić information content (AvgIpc) is 2.63. The summed E-state index contributed by atoms with van der Waals surface area (Å²) < 4.78 is 7.81. The van der Waals surface area contributed by atoms with Crippen LogP contribution in [0, 0.1) is 6.92 Å². The Balaban J connectivity index is 2.03. The Morgan fingerprint density at radius 1 is 1.30 bits per heavy atom. The van der Waals surface area contributed by atoms with Gasteiger partial charge in [0, 0.05) is 15.8 Å². The van der Waals surface area contributed by atoms with Crippen molar-refractivity contribution in [2.45, 2.75) is 37.4 Å². The molecule has 0 bridgehead atoms. The largest absolute Gasteiger partial charge is 0.496 e. The van der Waals surface area contributed by atoms with Crippen LogP contribution in [-0.2, 0) is 12.3 Å². The Labute approximate surface area is 170 Å². The minimum absolute atomic E-state index is 0.152. The predicted octanol–water partition coefficient (Wildman–Crippen LogP) is 4.15. The summed E-state index contributed by atoms with van der Waals surface area (Å²) in [5, 5.41) is 11.0. The molecule has 0 unspecified atom stereocenters. The lowest BCUT2D eigenvalue weighted by molar-refractivity contribution is 0.168. The van der Waals surface area contributed by atoms with Crippen LogP contribution in [0.15, 0.2) is 50.8 Å². The highest BCUT2D eigenvalue weighted by Crippen LogP contribution is 2.28. The van der Waals surface area contributed by atoms with Crippen LogP contribution in [0.2, 0.25) is 0 Å². The molecule has 142 valence electrons. The number of hydrogen-bond acceptors (Lipinski definition) is 5. The van der Waals surface area contributed by atoms with Gasteiger partial charge >= 0.3 is 0 Å². The van der Waals surface area contributed by atoms with E-state index < -0.39 is 6.10 Å². The third kappa shape index (κ3) is 4.54. The molecule has 0 fully saturated rings. The number of benzene rings is 2. The van der Waals surface area contributed by atoms with Crippen molar-refractivity contribution < 1.29 is 9.84 Å². The first-order valence-corrected chi connectivity index (χ1v) is 10.3. The summed E-state index contributed by atoms with van der Waals surface area (Å²) in [4.78, 5) is 17.7. The van der Waals surface area contributed by atoms with Gasteiger partial charge in [-0.15, -0.1) is 0 Å². The molecule has 1 aromatic heterocycles.